The molecule has 1 N–H and O–H groups in total. The molecule has 23 heavy (non-hydrogen) atoms. The van der Waals surface area contributed by atoms with E-state index in [-0.39, 0.29) is 5.91 Å². The Hall–Kier alpha value is -2.11. The van der Waals surface area contributed by atoms with E-state index in [0.717, 1.165) is 21.4 Å². The Balaban J connectivity index is 1.81. The normalized spacial score (nSPS) is 10.6. The number of anilines is 1. The molecule has 0 fully saturated rings. The fourth-order valence-electron chi connectivity index (χ4n) is 2.12. The van der Waals surface area contributed by atoms with Crippen molar-refractivity contribution >= 4 is 39.1 Å². The van der Waals surface area contributed by atoms with Crippen molar-refractivity contribution < 1.29 is 4.79 Å². The van der Waals surface area contributed by atoms with Gasteiger partial charge in [-0.2, -0.15) is 5.10 Å². The van der Waals surface area contributed by atoms with Crippen LogP contribution in [0.5, 0.6) is 0 Å². The van der Waals surface area contributed by atoms with Crippen LogP contribution in [-0.2, 0) is 0 Å². The lowest BCUT2D eigenvalue weighted by Gasteiger charge is -2.06. The molecule has 0 radical (unpaired) electrons. The summed E-state index contributed by atoms with van der Waals surface area (Å²) in [6, 6.07) is 13.0. The number of nitrogens with zero attached hydrogens (tertiary/aromatic N) is 2. The minimum absolute atomic E-state index is 0.220. The van der Waals surface area contributed by atoms with Crippen molar-refractivity contribution in [1.82, 2.24) is 9.78 Å². The summed E-state index contributed by atoms with van der Waals surface area (Å²) in [5.41, 5.74) is 3.10. The van der Waals surface area contributed by atoms with Crippen LogP contribution >= 0.6 is 27.5 Å². The molecule has 0 spiro atoms. The van der Waals surface area contributed by atoms with Gasteiger partial charge in [0.2, 0.25) is 0 Å². The van der Waals surface area contributed by atoms with Gasteiger partial charge in [0.1, 0.15) is 0 Å². The molecule has 0 unspecified atom stereocenters. The number of aryl methyl sites for hydroxylation is 1. The van der Waals surface area contributed by atoms with Crippen molar-refractivity contribution in [2.75, 3.05) is 5.32 Å². The molecule has 0 aliphatic carbocycles. The molecule has 3 rings (SSSR count). The van der Waals surface area contributed by atoms with Gasteiger partial charge in [-0.05, 0) is 58.7 Å². The molecular weight excluding hydrogens is 378 g/mol. The van der Waals surface area contributed by atoms with E-state index in [9.17, 15) is 4.79 Å². The van der Waals surface area contributed by atoms with Gasteiger partial charge >= 0.3 is 0 Å². The first-order chi connectivity index (χ1) is 11.0. The summed E-state index contributed by atoms with van der Waals surface area (Å²) in [7, 11) is 0. The number of nitrogens with one attached hydrogen (secondary N) is 1. The highest BCUT2D eigenvalue weighted by molar-refractivity contribution is 9.10. The number of carbonyl (C=O) groups excluding carboxylic acids is 1. The van der Waals surface area contributed by atoms with E-state index in [1.165, 1.54) is 6.20 Å². The van der Waals surface area contributed by atoms with Gasteiger partial charge in [-0.1, -0.05) is 23.7 Å². The molecular formula is C17H13BrClN3O. The van der Waals surface area contributed by atoms with Gasteiger partial charge in [-0.15, -0.1) is 0 Å². The highest BCUT2D eigenvalue weighted by Gasteiger charge is 2.11. The SMILES string of the molecule is Cc1ccc(NC(=O)c2cnn(-c3cccc(Cl)c3)c2)c(Br)c1. The average Bonchev–Trinajstić information content (AvgIpc) is 3.00. The molecule has 0 bridgehead atoms. The third kappa shape index (κ3) is 3.63. The second-order valence-corrected chi connectivity index (χ2v) is 6.38. The first kappa shape index (κ1) is 15.8. The summed E-state index contributed by atoms with van der Waals surface area (Å²) in [6.07, 6.45) is 3.20. The van der Waals surface area contributed by atoms with Gasteiger partial charge in [0.25, 0.3) is 5.91 Å². The van der Waals surface area contributed by atoms with E-state index in [1.54, 1.807) is 23.0 Å². The molecule has 6 heteroatoms. The van der Waals surface area contributed by atoms with Crippen LogP contribution in [0.2, 0.25) is 5.02 Å². The van der Waals surface area contributed by atoms with E-state index in [1.807, 2.05) is 37.3 Å². The van der Waals surface area contributed by atoms with Gasteiger partial charge in [0.05, 0.1) is 23.1 Å². The molecule has 116 valence electrons. The fraction of sp³-hybridized carbons (Fsp3) is 0.0588. The van der Waals surface area contributed by atoms with E-state index in [4.69, 9.17) is 11.6 Å². The predicted octanol–water partition coefficient (Wildman–Crippen LogP) is 4.85. The first-order valence-corrected chi connectivity index (χ1v) is 8.08. The quantitative estimate of drug-likeness (QED) is 0.695. The maximum Gasteiger partial charge on any atom is 0.258 e. The molecule has 0 aliphatic rings. The van der Waals surface area contributed by atoms with Crippen LogP contribution in [0.4, 0.5) is 5.69 Å². The molecule has 1 heterocycles. The summed E-state index contributed by atoms with van der Waals surface area (Å²) in [5.74, 6) is -0.220. The van der Waals surface area contributed by atoms with Crippen LogP contribution in [0, 0.1) is 6.92 Å². The third-order valence-corrected chi connectivity index (χ3v) is 4.18. The Morgan fingerprint density at radius 1 is 1.26 bits per heavy atom. The standard InChI is InChI=1S/C17H13BrClN3O/c1-11-5-6-16(15(18)7-11)21-17(23)12-9-20-22(10-12)14-4-2-3-13(19)8-14/h2-10H,1H3,(H,21,23). The number of hydrogen-bond acceptors (Lipinski definition) is 2. The summed E-state index contributed by atoms with van der Waals surface area (Å²) in [6.45, 7) is 1.99. The van der Waals surface area contributed by atoms with Crippen LogP contribution in [0.1, 0.15) is 15.9 Å². The maximum absolute atomic E-state index is 12.4. The first-order valence-electron chi connectivity index (χ1n) is 6.91. The molecule has 1 amide bonds. The molecule has 4 nitrogen and oxygen atoms in total. The molecule has 0 aliphatic heterocycles. The van der Waals surface area contributed by atoms with Gasteiger partial charge in [-0.3, -0.25) is 4.79 Å². The van der Waals surface area contributed by atoms with E-state index in [0.29, 0.717) is 10.6 Å². The molecule has 2 aromatic carbocycles. The Labute approximate surface area is 147 Å². The molecule has 0 saturated carbocycles. The summed E-state index contributed by atoms with van der Waals surface area (Å²) in [5, 5.41) is 7.70. The zero-order chi connectivity index (χ0) is 16.4. The maximum atomic E-state index is 12.4. The lowest BCUT2D eigenvalue weighted by Crippen LogP contribution is -2.11. The number of halogens is 2. The topological polar surface area (TPSA) is 46.9 Å². The number of aromatic nitrogens is 2. The van der Waals surface area contributed by atoms with Crippen LogP contribution in [0.3, 0.4) is 0 Å². The Morgan fingerprint density at radius 3 is 2.83 bits per heavy atom. The third-order valence-electron chi connectivity index (χ3n) is 3.29. The second kappa shape index (κ2) is 6.56. The van der Waals surface area contributed by atoms with Gasteiger partial charge < -0.3 is 5.32 Å². The summed E-state index contributed by atoms with van der Waals surface area (Å²) >= 11 is 9.42. The smallest absolute Gasteiger partial charge is 0.258 e. The number of rotatable bonds is 3. The highest BCUT2D eigenvalue weighted by Crippen LogP contribution is 2.24. The van der Waals surface area contributed by atoms with Crippen molar-refractivity contribution in [3.63, 3.8) is 0 Å². The number of amides is 1. The monoisotopic (exact) mass is 389 g/mol. The van der Waals surface area contributed by atoms with Crippen LogP contribution in [0.15, 0.2) is 59.3 Å². The fourth-order valence-corrected chi connectivity index (χ4v) is 2.89. The Bertz CT molecular complexity index is 876. The van der Waals surface area contributed by atoms with Crippen molar-refractivity contribution in [1.29, 1.82) is 0 Å². The highest BCUT2D eigenvalue weighted by atomic mass is 79.9. The van der Waals surface area contributed by atoms with E-state index in [2.05, 4.69) is 26.3 Å². The van der Waals surface area contributed by atoms with Crippen LogP contribution < -0.4 is 5.32 Å². The van der Waals surface area contributed by atoms with Crippen molar-refractivity contribution in [2.45, 2.75) is 6.92 Å². The van der Waals surface area contributed by atoms with Gasteiger partial charge in [0, 0.05) is 15.7 Å². The van der Waals surface area contributed by atoms with Crippen molar-refractivity contribution in [3.8, 4) is 5.69 Å². The second-order valence-electron chi connectivity index (χ2n) is 5.09. The molecule has 0 saturated heterocycles. The van der Waals surface area contributed by atoms with Crippen LogP contribution in [-0.4, -0.2) is 15.7 Å². The van der Waals surface area contributed by atoms with Crippen molar-refractivity contribution in [3.05, 3.63) is 75.5 Å². The number of benzene rings is 2. The summed E-state index contributed by atoms with van der Waals surface area (Å²) < 4.78 is 2.46. The average molecular weight is 391 g/mol. The van der Waals surface area contributed by atoms with E-state index < -0.39 is 0 Å². The molecule has 1 aromatic heterocycles. The van der Waals surface area contributed by atoms with Gasteiger partial charge in [0.15, 0.2) is 0 Å². The van der Waals surface area contributed by atoms with E-state index >= 15 is 0 Å². The van der Waals surface area contributed by atoms with Crippen LogP contribution in [0.25, 0.3) is 5.69 Å². The largest absolute Gasteiger partial charge is 0.321 e. The molecule has 3 aromatic rings. The predicted molar refractivity (Wildman–Crippen MR) is 95.4 cm³/mol. The van der Waals surface area contributed by atoms with Gasteiger partial charge in [-0.25, -0.2) is 4.68 Å². The minimum atomic E-state index is -0.220. The summed E-state index contributed by atoms with van der Waals surface area (Å²) in [4.78, 5) is 12.4. The number of carbonyl (C=O) groups is 1. The van der Waals surface area contributed by atoms with Crippen molar-refractivity contribution in [2.24, 2.45) is 0 Å². The lowest BCUT2D eigenvalue weighted by atomic mass is 10.2. The Morgan fingerprint density at radius 2 is 2.09 bits per heavy atom. The number of hydrogen-bond donors (Lipinski definition) is 1. The lowest BCUT2D eigenvalue weighted by molar-refractivity contribution is 0.102. The zero-order valence-electron chi connectivity index (χ0n) is 12.3. The zero-order valence-corrected chi connectivity index (χ0v) is 14.6. The Kier molecular flexibility index (Phi) is 4.50. The minimum Gasteiger partial charge on any atom is -0.321 e. The molecule has 0 atom stereocenters.